The Morgan fingerprint density at radius 1 is 0.793 bits per heavy atom. The van der Waals surface area contributed by atoms with E-state index in [0.717, 1.165) is 5.75 Å². The van der Waals surface area contributed by atoms with E-state index < -0.39 is 0 Å². The standard InChI is InChI=1S/C27H20NO/c1-27(2)21-14-20-18-9-5-3-7-16(18)11-12-22(20)28-15-29-23-13-17-8-4-6-10-19(17)25(27)24(23)26(21)28/h3-14H,15H2,1-2H3/q+1. The van der Waals surface area contributed by atoms with Crippen LogP contribution in [0.1, 0.15) is 25.0 Å². The Morgan fingerprint density at radius 2 is 1.55 bits per heavy atom. The van der Waals surface area contributed by atoms with Crippen molar-refractivity contribution in [1.29, 1.82) is 0 Å². The summed E-state index contributed by atoms with van der Waals surface area (Å²) in [6.07, 6.45) is 0. The molecule has 1 aromatic heterocycles. The summed E-state index contributed by atoms with van der Waals surface area (Å²) in [4.78, 5) is 0. The molecule has 2 aliphatic rings. The lowest BCUT2D eigenvalue weighted by molar-refractivity contribution is -0.693. The highest BCUT2D eigenvalue weighted by Crippen LogP contribution is 2.55. The van der Waals surface area contributed by atoms with Gasteiger partial charge in [-0.05, 0) is 45.3 Å². The third-order valence-electron chi connectivity index (χ3n) is 6.95. The number of ether oxygens (including phenoxy) is 1. The molecule has 0 bridgehead atoms. The van der Waals surface area contributed by atoms with E-state index in [9.17, 15) is 0 Å². The van der Waals surface area contributed by atoms with Crippen molar-refractivity contribution in [2.45, 2.75) is 26.0 Å². The van der Waals surface area contributed by atoms with E-state index in [4.69, 9.17) is 4.74 Å². The van der Waals surface area contributed by atoms with Gasteiger partial charge in [0.1, 0.15) is 5.75 Å². The molecule has 0 N–H and O–H groups in total. The van der Waals surface area contributed by atoms with Crippen LogP contribution in [-0.2, 0) is 12.1 Å². The van der Waals surface area contributed by atoms with Crippen LogP contribution < -0.4 is 9.30 Å². The van der Waals surface area contributed by atoms with Crippen LogP contribution in [0.15, 0.2) is 72.8 Å². The van der Waals surface area contributed by atoms with Gasteiger partial charge in [0.15, 0.2) is 0 Å². The topological polar surface area (TPSA) is 13.1 Å². The van der Waals surface area contributed by atoms with Crippen LogP contribution in [0.5, 0.6) is 5.75 Å². The van der Waals surface area contributed by atoms with Gasteiger partial charge < -0.3 is 4.74 Å². The summed E-state index contributed by atoms with van der Waals surface area (Å²) >= 11 is 0. The van der Waals surface area contributed by atoms with Crippen LogP contribution in [-0.4, -0.2) is 0 Å². The molecule has 0 unspecified atom stereocenters. The molecule has 5 aromatic rings. The van der Waals surface area contributed by atoms with Gasteiger partial charge >= 0.3 is 0 Å². The van der Waals surface area contributed by atoms with Gasteiger partial charge in [-0.15, -0.1) is 0 Å². The summed E-state index contributed by atoms with van der Waals surface area (Å²) in [5, 5.41) is 6.48. The lowest BCUT2D eigenvalue weighted by Gasteiger charge is -2.22. The highest BCUT2D eigenvalue weighted by Gasteiger charge is 2.47. The van der Waals surface area contributed by atoms with Crippen LogP contribution in [0.3, 0.4) is 0 Å². The van der Waals surface area contributed by atoms with Gasteiger partial charge in [0.25, 0.3) is 6.73 Å². The largest absolute Gasteiger partial charge is 0.435 e. The van der Waals surface area contributed by atoms with Crippen LogP contribution >= 0.6 is 0 Å². The number of aromatic nitrogens is 1. The Bertz CT molecular complexity index is 1530. The molecule has 0 fully saturated rings. The van der Waals surface area contributed by atoms with Crippen molar-refractivity contribution in [1.82, 2.24) is 0 Å². The molecule has 1 aliphatic heterocycles. The second-order valence-electron chi connectivity index (χ2n) is 8.80. The lowest BCUT2D eigenvalue weighted by Crippen LogP contribution is -2.42. The highest BCUT2D eigenvalue weighted by molar-refractivity contribution is 6.07. The predicted molar refractivity (Wildman–Crippen MR) is 117 cm³/mol. The molecular formula is C27H20NO+. The van der Waals surface area contributed by atoms with Gasteiger partial charge in [-0.3, -0.25) is 0 Å². The third kappa shape index (κ3) is 1.76. The molecular weight excluding hydrogens is 354 g/mol. The summed E-state index contributed by atoms with van der Waals surface area (Å²) in [5.74, 6) is 1.02. The second-order valence-corrected chi connectivity index (χ2v) is 8.80. The van der Waals surface area contributed by atoms with Gasteiger partial charge in [-0.2, -0.15) is 4.57 Å². The number of hydrogen-bond acceptors (Lipinski definition) is 1. The van der Waals surface area contributed by atoms with Gasteiger partial charge in [0, 0.05) is 17.0 Å². The molecule has 2 heterocycles. The number of nitrogens with zero attached hydrogens (tertiary/aromatic N) is 1. The van der Waals surface area contributed by atoms with Crippen molar-refractivity contribution in [3.05, 3.63) is 83.9 Å². The molecule has 138 valence electrons. The zero-order valence-electron chi connectivity index (χ0n) is 16.5. The summed E-state index contributed by atoms with van der Waals surface area (Å²) in [5.41, 5.74) is 6.57. The Hall–Kier alpha value is -3.39. The molecule has 0 saturated heterocycles. The van der Waals surface area contributed by atoms with E-state index in [1.54, 1.807) is 0 Å². The monoisotopic (exact) mass is 374 g/mol. The molecule has 0 saturated carbocycles. The lowest BCUT2D eigenvalue weighted by atomic mass is 9.80. The number of benzene rings is 4. The molecule has 0 spiro atoms. The fourth-order valence-electron chi connectivity index (χ4n) is 5.62. The van der Waals surface area contributed by atoms with Gasteiger partial charge in [-0.1, -0.05) is 62.4 Å². The second kappa shape index (κ2) is 4.96. The van der Waals surface area contributed by atoms with Crippen LogP contribution in [0.4, 0.5) is 0 Å². The fourth-order valence-corrected chi connectivity index (χ4v) is 5.62. The summed E-state index contributed by atoms with van der Waals surface area (Å²) in [7, 11) is 0. The van der Waals surface area contributed by atoms with Crippen LogP contribution in [0.25, 0.3) is 43.7 Å². The summed E-state index contributed by atoms with van der Waals surface area (Å²) < 4.78 is 8.73. The molecule has 29 heavy (non-hydrogen) atoms. The molecule has 4 aromatic carbocycles. The first-order valence-corrected chi connectivity index (χ1v) is 10.2. The molecule has 0 radical (unpaired) electrons. The van der Waals surface area contributed by atoms with Crippen LogP contribution in [0.2, 0.25) is 0 Å². The minimum absolute atomic E-state index is 0.0825. The maximum Gasteiger partial charge on any atom is 0.293 e. The van der Waals surface area contributed by atoms with Crippen molar-refractivity contribution in [3.8, 4) is 17.0 Å². The van der Waals surface area contributed by atoms with Crippen LogP contribution in [0, 0.1) is 0 Å². The first-order chi connectivity index (χ1) is 14.1. The average molecular weight is 374 g/mol. The maximum absolute atomic E-state index is 6.35. The van der Waals surface area contributed by atoms with Crippen molar-refractivity contribution in [2.75, 3.05) is 0 Å². The Kier molecular flexibility index (Phi) is 2.65. The quantitative estimate of drug-likeness (QED) is 0.236. The molecule has 2 heteroatoms. The SMILES string of the molecule is CC1(C)c2cc3c4ccccc4ccc3[n+]3c2-c2c(cc4ccccc4c21)OC3. The van der Waals surface area contributed by atoms with Crippen molar-refractivity contribution >= 4 is 32.4 Å². The van der Waals surface area contributed by atoms with Crippen molar-refractivity contribution in [3.63, 3.8) is 0 Å². The Labute approximate surface area is 169 Å². The fraction of sp³-hybridized carbons (Fsp3) is 0.148. The Morgan fingerprint density at radius 3 is 2.41 bits per heavy atom. The van der Waals surface area contributed by atoms with Crippen molar-refractivity contribution < 1.29 is 9.30 Å². The summed E-state index contributed by atoms with van der Waals surface area (Å²) in [6, 6.07) is 26.5. The van der Waals surface area contributed by atoms with E-state index in [0.29, 0.717) is 6.73 Å². The van der Waals surface area contributed by atoms with E-state index in [1.807, 2.05) is 0 Å². The minimum atomic E-state index is -0.0825. The summed E-state index contributed by atoms with van der Waals surface area (Å²) in [6.45, 7) is 5.28. The molecule has 7 rings (SSSR count). The van der Waals surface area contributed by atoms with Gasteiger partial charge in [-0.25, -0.2) is 0 Å². The highest BCUT2D eigenvalue weighted by atomic mass is 16.5. The van der Waals surface area contributed by atoms with Gasteiger partial charge in [0.05, 0.1) is 10.9 Å². The zero-order chi connectivity index (χ0) is 19.3. The maximum atomic E-state index is 6.35. The smallest absolute Gasteiger partial charge is 0.293 e. The first-order valence-electron chi connectivity index (χ1n) is 10.2. The molecule has 2 nitrogen and oxygen atoms in total. The van der Waals surface area contributed by atoms with E-state index >= 15 is 0 Å². The number of pyridine rings is 1. The molecule has 0 atom stereocenters. The number of rotatable bonds is 0. The number of fused-ring (bicyclic) bond motifs is 6. The van der Waals surface area contributed by atoms with Gasteiger partial charge in [0.2, 0.25) is 11.2 Å². The number of hydrogen-bond donors (Lipinski definition) is 0. The average Bonchev–Trinajstić information content (AvgIpc) is 2.99. The molecule has 1 aliphatic carbocycles. The normalized spacial score (nSPS) is 15.7. The minimum Gasteiger partial charge on any atom is -0.435 e. The predicted octanol–water partition coefficient (Wildman–Crippen LogP) is 6.09. The van der Waals surface area contributed by atoms with Crippen molar-refractivity contribution in [2.24, 2.45) is 0 Å². The first kappa shape index (κ1) is 15.5. The van der Waals surface area contributed by atoms with E-state index in [-0.39, 0.29) is 5.41 Å². The Balaban J connectivity index is 1.72. The third-order valence-corrected chi connectivity index (χ3v) is 6.95. The molecule has 0 amide bonds. The van der Waals surface area contributed by atoms with E-state index in [2.05, 4.69) is 91.2 Å². The van der Waals surface area contributed by atoms with E-state index in [1.165, 1.54) is 54.8 Å². The zero-order valence-corrected chi connectivity index (χ0v) is 16.5.